The Kier molecular flexibility index (Phi) is 6.89. The summed E-state index contributed by atoms with van der Waals surface area (Å²) in [5.41, 5.74) is 6.11. The monoisotopic (exact) mass is 376 g/mol. The number of anilines is 2. The van der Waals surface area contributed by atoms with Crippen LogP contribution in [-0.2, 0) is 6.42 Å². The third-order valence-electron chi connectivity index (χ3n) is 3.81. The molecule has 0 unspecified atom stereocenters. The molecule has 0 aliphatic carbocycles. The summed E-state index contributed by atoms with van der Waals surface area (Å²) in [4.78, 5) is 13.0. The van der Waals surface area contributed by atoms with Crippen LogP contribution in [0.5, 0.6) is 6.01 Å². The van der Waals surface area contributed by atoms with Gasteiger partial charge in [-0.25, -0.2) is 0 Å². The van der Waals surface area contributed by atoms with Crippen LogP contribution in [0.1, 0.15) is 23.7 Å². The van der Waals surface area contributed by atoms with Crippen molar-refractivity contribution in [3.8, 4) is 6.01 Å². The van der Waals surface area contributed by atoms with Gasteiger partial charge in [-0.15, -0.1) is 0 Å². The second-order valence-corrected chi connectivity index (χ2v) is 6.16. The summed E-state index contributed by atoms with van der Waals surface area (Å²) in [5, 5.41) is 7.44. The fraction of sp³-hybridized carbons (Fsp3) is 0.238. The van der Waals surface area contributed by atoms with E-state index in [9.17, 15) is 0 Å². The van der Waals surface area contributed by atoms with E-state index in [2.05, 4.69) is 36.9 Å². The minimum atomic E-state index is 0.294. The predicted octanol–water partition coefficient (Wildman–Crippen LogP) is 3.68. The summed E-state index contributed by atoms with van der Waals surface area (Å²) in [6.45, 7) is 5.24. The van der Waals surface area contributed by atoms with Gasteiger partial charge in [0.05, 0.1) is 12.8 Å². The second-order valence-electron chi connectivity index (χ2n) is 6.16. The molecule has 0 fully saturated rings. The van der Waals surface area contributed by atoms with Crippen LogP contribution in [0.25, 0.3) is 0 Å². The van der Waals surface area contributed by atoms with Crippen LogP contribution in [0.15, 0.2) is 59.8 Å². The lowest BCUT2D eigenvalue weighted by molar-refractivity contribution is 0.296. The molecule has 0 aliphatic heterocycles. The van der Waals surface area contributed by atoms with Gasteiger partial charge in [-0.3, -0.25) is 10.4 Å². The average Bonchev–Trinajstić information content (AvgIpc) is 2.69. The first-order chi connectivity index (χ1) is 13.7. The maximum atomic E-state index is 5.72. The summed E-state index contributed by atoms with van der Waals surface area (Å²) in [6, 6.07) is 16.0. The first kappa shape index (κ1) is 19.3. The molecule has 3 rings (SSSR count). The number of pyridine rings is 1. The number of ether oxygens (including phenoxy) is 1. The zero-order chi connectivity index (χ0) is 19.6. The van der Waals surface area contributed by atoms with Crippen LogP contribution >= 0.6 is 0 Å². The molecule has 0 spiro atoms. The van der Waals surface area contributed by atoms with Crippen molar-refractivity contribution < 1.29 is 4.74 Å². The van der Waals surface area contributed by atoms with Gasteiger partial charge in [-0.05, 0) is 31.5 Å². The highest BCUT2D eigenvalue weighted by atomic mass is 16.5. The Morgan fingerprint density at radius 2 is 1.96 bits per heavy atom. The van der Waals surface area contributed by atoms with E-state index in [1.54, 1.807) is 18.5 Å². The van der Waals surface area contributed by atoms with Gasteiger partial charge in [0.1, 0.15) is 5.82 Å². The van der Waals surface area contributed by atoms with Crippen molar-refractivity contribution in [1.82, 2.24) is 15.0 Å². The highest BCUT2D eigenvalue weighted by Gasteiger charge is 2.06. The van der Waals surface area contributed by atoms with Crippen molar-refractivity contribution in [3.63, 3.8) is 0 Å². The minimum absolute atomic E-state index is 0.294. The van der Waals surface area contributed by atoms with E-state index >= 15 is 0 Å². The average molecular weight is 376 g/mol. The van der Waals surface area contributed by atoms with Gasteiger partial charge >= 0.3 is 6.01 Å². The van der Waals surface area contributed by atoms with Gasteiger partial charge < -0.3 is 10.1 Å². The van der Waals surface area contributed by atoms with Crippen LogP contribution in [0.2, 0.25) is 0 Å². The summed E-state index contributed by atoms with van der Waals surface area (Å²) < 4.78 is 5.72. The number of hydrogen-bond donors (Lipinski definition) is 2. The lowest BCUT2D eigenvalue weighted by Gasteiger charge is -2.09. The Morgan fingerprint density at radius 3 is 2.75 bits per heavy atom. The molecular formula is C21H24N6O. The van der Waals surface area contributed by atoms with E-state index in [0.717, 1.165) is 17.8 Å². The third kappa shape index (κ3) is 6.05. The van der Waals surface area contributed by atoms with E-state index in [4.69, 9.17) is 4.74 Å². The molecule has 0 saturated carbocycles. The molecule has 2 aromatic heterocycles. The van der Waals surface area contributed by atoms with Crippen LogP contribution in [0, 0.1) is 6.92 Å². The van der Waals surface area contributed by atoms with Crippen molar-refractivity contribution in [1.29, 1.82) is 0 Å². The molecule has 7 heteroatoms. The first-order valence-corrected chi connectivity index (χ1v) is 9.24. The molecule has 28 heavy (non-hydrogen) atoms. The van der Waals surface area contributed by atoms with E-state index in [1.807, 2.05) is 50.2 Å². The summed E-state index contributed by atoms with van der Waals surface area (Å²) in [6.07, 6.45) is 4.21. The molecule has 0 bridgehead atoms. The number of rotatable bonds is 9. The Bertz CT molecular complexity index is 914. The zero-order valence-corrected chi connectivity index (χ0v) is 16.1. The van der Waals surface area contributed by atoms with Gasteiger partial charge in [-0.2, -0.15) is 15.1 Å². The third-order valence-corrected chi connectivity index (χ3v) is 3.81. The van der Waals surface area contributed by atoms with Gasteiger partial charge in [0.2, 0.25) is 0 Å². The van der Waals surface area contributed by atoms with Gasteiger partial charge in [0, 0.05) is 30.9 Å². The molecule has 144 valence electrons. The lowest BCUT2D eigenvalue weighted by atomic mass is 10.2. The molecule has 7 nitrogen and oxygen atoms in total. The van der Waals surface area contributed by atoms with E-state index in [1.165, 1.54) is 5.56 Å². The van der Waals surface area contributed by atoms with Gasteiger partial charge in [0.15, 0.2) is 5.82 Å². The topological polar surface area (TPSA) is 84.3 Å². The lowest BCUT2D eigenvalue weighted by Crippen LogP contribution is -2.08. The van der Waals surface area contributed by atoms with Crippen LogP contribution in [-0.4, -0.2) is 34.3 Å². The number of nitrogens with one attached hydrogen (secondary N) is 2. The number of aryl methyl sites for hydroxylation is 1. The number of benzene rings is 1. The quantitative estimate of drug-likeness (QED) is 0.438. The molecule has 3 aromatic rings. The Balaban J connectivity index is 1.64. The molecule has 1 aromatic carbocycles. The molecule has 0 saturated heterocycles. The van der Waals surface area contributed by atoms with E-state index < -0.39 is 0 Å². The van der Waals surface area contributed by atoms with Crippen molar-refractivity contribution in [2.45, 2.75) is 20.3 Å². The fourth-order valence-corrected chi connectivity index (χ4v) is 2.53. The van der Waals surface area contributed by atoms with Crippen LogP contribution in [0.3, 0.4) is 0 Å². The van der Waals surface area contributed by atoms with Crippen molar-refractivity contribution in [3.05, 3.63) is 71.5 Å². The number of nitrogens with zero attached hydrogens (tertiary/aromatic N) is 4. The van der Waals surface area contributed by atoms with Crippen molar-refractivity contribution >= 4 is 17.9 Å². The Morgan fingerprint density at radius 1 is 1.07 bits per heavy atom. The highest BCUT2D eigenvalue weighted by molar-refractivity contribution is 5.80. The van der Waals surface area contributed by atoms with E-state index in [-0.39, 0.29) is 0 Å². The van der Waals surface area contributed by atoms with Crippen molar-refractivity contribution in [2.24, 2.45) is 5.10 Å². The normalized spacial score (nSPS) is 10.8. The maximum absolute atomic E-state index is 5.72. The van der Waals surface area contributed by atoms with Crippen LogP contribution < -0.4 is 15.5 Å². The van der Waals surface area contributed by atoms with Gasteiger partial charge in [0.25, 0.3) is 0 Å². The fourth-order valence-electron chi connectivity index (χ4n) is 2.53. The van der Waals surface area contributed by atoms with Crippen molar-refractivity contribution in [2.75, 3.05) is 23.9 Å². The summed E-state index contributed by atoms with van der Waals surface area (Å²) in [5.74, 6) is 1.24. The largest absolute Gasteiger partial charge is 0.463 e. The highest BCUT2D eigenvalue weighted by Crippen LogP contribution is 2.16. The molecule has 0 radical (unpaired) electrons. The molecule has 0 atom stereocenters. The Hall–Kier alpha value is -3.48. The summed E-state index contributed by atoms with van der Waals surface area (Å²) in [7, 11) is 0. The summed E-state index contributed by atoms with van der Waals surface area (Å²) >= 11 is 0. The first-order valence-electron chi connectivity index (χ1n) is 9.24. The van der Waals surface area contributed by atoms with Gasteiger partial charge in [-0.1, -0.05) is 35.9 Å². The molecule has 2 heterocycles. The number of hydrazone groups is 1. The molecule has 0 aliphatic rings. The molecule has 2 N–H and O–H groups in total. The second kappa shape index (κ2) is 10.0. The maximum Gasteiger partial charge on any atom is 0.320 e. The SMILES string of the molecule is CCNc1cc(N/N=C/c2cccc(C)c2)nc(OCCc2ccccn2)n1. The number of hydrogen-bond acceptors (Lipinski definition) is 7. The van der Waals surface area contributed by atoms with Crippen LogP contribution in [0.4, 0.5) is 11.6 Å². The molecular weight excluding hydrogens is 352 g/mol. The Labute approximate surface area is 164 Å². The zero-order valence-electron chi connectivity index (χ0n) is 16.1. The molecule has 0 amide bonds. The number of aromatic nitrogens is 3. The van der Waals surface area contributed by atoms with E-state index in [0.29, 0.717) is 30.7 Å². The predicted molar refractivity (Wildman–Crippen MR) is 112 cm³/mol. The minimum Gasteiger partial charge on any atom is -0.463 e. The standard InChI is InChI=1S/C21H24N6O/c1-3-22-19-14-20(27-24-15-17-8-6-7-16(2)13-17)26-21(25-19)28-12-10-18-9-4-5-11-23-18/h4-9,11,13-15H,3,10,12H2,1-2H3,(H2,22,25,26,27)/b24-15+. The smallest absolute Gasteiger partial charge is 0.320 e.